The highest BCUT2D eigenvalue weighted by Crippen LogP contribution is 2.06. The molecular formula is C15H11N3O3. The van der Waals surface area contributed by atoms with Crippen LogP contribution in [0.25, 0.3) is 5.65 Å². The second-order valence-corrected chi connectivity index (χ2v) is 4.48. The Kier molecular flexibility index (Phi) is 3.19. The van der Waals surface area contributed by atoms with Crippen molar-refractivity contribution in [2.45, 2.75) is 6.54 Å². The summed E-state index contributed by atoms with van der Waals surface area (Å²) in [5.74, 6) is -0.605. The molecule has 0 amide bonds. The average molecular weight is 281 g/mol. The summed E-state index contributed by atoms with van der Waals surface area (Å²) in [7, 11) is 0. The molecular weight excluding hydrogens is 270 g/mol. The second-order valence-electron chi connectivity index (χ2n) is 4.48. The molecule has 0 atom stereocenters. The number of aldehydes is 1. The van der Waals surface area contributed by atoms with E-state index in [4.69, 9.17) is 0 Å². The van der Waals surface area contributed by atoms with Gasteiger partial charge in [-0.3, -0.25) is 9.78 Å². The first-order valence-corrected chi connectivity index (χ1v) is 6.31. The van der Waals surface area contributed by atoms with Crippen LogP contribution in [0.2, 0.25) is 0 Å². The van der Waals surface area contributed by atoms with Crippen molar-refractivity contribution in [2.75, 3.05) is 0 Å². The molecule has 0 N–H and O–H groups in total. The highest BCUT2D eigenvalue weighted by atomic mass is 16.3. The first-order chi connectivity index (χ1) is 10.2. The van der Waals surface area contributed by atoms with Crippen LogP contribution in [-0.2, 0) is 6.54 Å². The minimum Gasteiger partial charge on any atom is -0.842 e. The van der Waals surface area contributed by atoms with Gasteiger partial charge in [0.05, 0.1) is 17.8 Å². The number of hydrogen-bond donors (Lipinski definition) is 0. The lowest BCUT2D eigenvalue weighted by Crippen LogP contribution is -2.45. The minimum atomic E-state index is -0.608. The van der Waals surface area contributed by atoms with E-state index < -0.39 is 11.4 Å². The van der Waals surface area contributed by atoms with Crippen molar-refractivity contribution in [3.63, 3.8) is 0 Å². The van der Waals surface area contributed by atoms with Gasteiger partial charge in [-0.05, 0) is 18.2 Å². The normalized spacial score (nSPS) is 10.7. The van der Waals surface area contributed by atoms with Gasteiger partial charge in [-0.1, -0.05) is 12.1 Å². The predicted octanol–water partition coefficient (Wildman–Crippen LogP) is -0.0836. The van der Waals surface area contributed by atoms with Crippen LogP contribution < -0.4 is 15.2 Å². The van der Waals surface area contributed by atoms with E-state index >= 15 is 0 Å². The summed E-state index contributed by atoms with van der Waals surface area (Å²) in [5, 5.41) is 12.3. The Morgan fingerprint density at radius 3 is 2.76 bits per heavy atom. The molecule has 0 spiro atoms. The summed E-state index contributed by atoms with van der Waals surface area (Å²) in [6.45, 7) is 0.189. The van der Waals surface area contributed by atoms with Crippen LogP contribution in [0, 0.1) is 0 Å². The van der Waals surface area contributed by atoms with Crippen molar-refractivity contribution in [1.82, 2.24) is 9.38 Å². The molecule has 3 aromatic rings. The number of fused-ring (bicyclic) bond motifs is 1. The molecule has 0 unspecified atom stereocenters. The van der Waals surface area contributed by atoms with Gasteiger partial charge in [-0.15, -0.1) is 0 Å². The van der Waals surface area contributed by atoms with Gasteiger partial charge >= 0.3 is 5.56 Å². The standard InChI is InChI=1S/C15H11N3O3/c19-10-12-14(20)17-8-4-2-6-13(17)18(15(12)21)9-11-5-1-3-7-16-11/h1-8,10H,9H2. The maximum absolute atomic E-state index is 12.3. The Hall–Kier alpha value is -3.02. The highest BCUT2D eigenvalue weighted by molar-refractivity contribution is 5.76. The van der Waals surface area contributed by atoms with Crippen LogP contribution in [0.5, 0.6) is 5.88 Å². The SMILES string of the molecule is O=Cc1c([O-])[n+](Cc2ccccn2)c2ccccn2c1=O. The van der Waals surface area contributed by atoms with Crippen molar-refractivity contribution in [1.29, 1.82) is 0 Å². The third-order valence-electron chi connectivity index (χ3n) is 3.20. The Labute approximate surface area is 119 Å². The molecule has 3 rings (SSSR count). The van der Waals surface area contributed by atoms with E-state index in [2.05, 4.69) is 4.98 Å². The lowest BCUT2D eigenvalue weighted by Gasteiger charge is -2.14. The fraction of sp³-hybridized carbons (Fsp3) is 0.0667. The maximum atomic E-state index is 12.3. The van der Waals surface area contributed by atoms with Crippen LogP contribution in [0.15, 0.2) is 53.6 Å². The lowest BCUT2D eigenvalue weighted by molar-refractivity contribution is -0.709. The zero-order valence-electron chi connectivity index (χ0n) is 11.0. The summed E-state index contributed by atoms with van der Waals surface area (Å²) in [4.78, 5) is 27.3. The number of carbonyl (C=O) groups excluding carboxylic acids is 1. The molecule has 104 valence electrons. The van der Waals surface area contributed by atoms with Crippen LogP contribution in [0.4, 0.5) is 0 Å². The number of hydrogen-bond acceptors (Lipinski definition) is 4. The molecule has 0 saturated heterocycles. The average Bonchev–Trinajstić information content (AvgIpc) is 2.53. The number of pyridine rings is 2. The Balaban J connectivity index is 2.31. The molecule has 3 aromatic heterocycles. The summed E-state index contributed by atoms with van der Waals surface area (Å²) >= 11 is 0. The van der Waals surface area contributed by atoms with Gasteiger partial charge in [0, 0.05) is 12.3 Å². The van der Waals surface area contributed by atoms with Crippen molar-refractivity contribution < 1.29 is 14.5 Å². The Bertz CT molecular complexity index is 872. The van der Waals surface area contributed by atoms with Crippen LogP contribution in [0.1, 0.15) is 16.1 Å². The van der Waals surface area contributed by atoms with Gasteiger partial charge in [0.2, 0.25) is 0 Å². The zero-order chi connectivity index (χ0) is 14.8. The van der Waals surface area contributed by atoms with Crippen LogP contribution in [-0.4, -0.2) is 15.7 Å². The van der Waals surface area contributed by atoms with Gasteiger partial charge < -0.3 is 5.11 Å². The van der Waals surface area contributed by atoms with E-state index in [9.17, 15) is 14.7 Å². The van der Waals surface area contributed by atoms with Crippen molar-refractivity contribution in [2.24, 2.45) is 0 Å². The molecule has 21 heavy (non-hydrogen) atoms. The number of carbonyl (C=O) groups is 1. The fourth-order valence-electron chi connectivity index (χ4n) is 2.20. The summed E-state index contributed by atoms with van der Waals surface area (Å²) in [6, 6.07) is 10.4. The zero-order valence-corrected chi connectivity index (χ0v) is 11.0. The van der Waals surface area contributed by atoms with Crippen LogP contribution in [0.3, 0.4) is 0 Å². The predicted molar refractivity (Wildman–Crippen MR) is 72.0 cm³/mol. The van der Waals surface area contributed by atoms with Gasteiger partial charge in [-0.2, -0.15) is 4.40 Å². The van der Waals surface area contributed by atoms with Gasteiger partial charge in [0.1, 0.15) is 12.1 Å². The first-order valence-electron chi connectivity index (χ1n) is 6.31. The first kappa shape index (κ1) is 13.0. The fourth-order valence-corrected chi connectivity index (χ4v) is 2.20. The molecule has 0 aliphatic carbocycles. The summed E-state index contributed by atoms with van der Waals surface area (Å²) in [6.07, 6.45) is 3.45. The smallest absolute Gasteiger partial charge is 0.352 e. The highest BCUT2D eigenvalue weighted by Gasteiger charge is 2.18. The summed E-state index contributed by atoms with van der Waals surface area (Å²) in [5.41, 5.74) is 0.0992. The van der Waals surface area contributed by atoms with E-state index in [-0.39, 0.29) is 12.1 Å². The Morgan fingerprint density at radius 2 is 2.05 bits per heavy atom. The molecule has 0 aromatic carbocycles. The Morgan fingerprint density at radius 1 is 1.24 bits per heavy atom. The van der Waals surface area contributed by atoms with E-state index in [0.29, 0.717) is 17.6 Å². The van der Waals surface area contributed by atoms with Gasteiger partial charge in [0.25, 0.3) is 5.65 Å². The quantitative estimate of drug-likeness (QED) is 0.497. The monoisotopic (exact) mass is 281 g/mol. The number of aromatic nitrogens is 3. The molecule has 6 nitrogen and oxygen atoms in total. The third-order valence-corrected chi connectivity index (χ3v) is 3.20. The minimum absolute atomic E-state index is 0.189. The van der Waals surface area contributed by atoms with Crippen molar-refractivity contribution in [3.05, 3.63) is 70.4 Å². The van der Waals surface area contributed by atoms with Crippen molar-refractivity contribution >= 4 is 11.9 Å². The van der Waals surface area contributed by atoms with E-state index in [1.165, 1.54) is 15.2 Å². The number of rotatable bonds is 3. The maximum Gasteiger partial charge on any atom is 0.352 e. The molecule has 0 fully saturated rings. The summed E-state index contributed by atoms with van der Waals surface area (Å²) < 4.78 is 2.65. The van der Waals surface area contributed by atoms with Crippen LogP contribution >= 0.6 is 0 Å². The molecule has 3 heterocycles. The number of nitrogens with zero attached hydrogens (tertiary/aromatic N) is 3. The largest absolute Gasteiger partial charge is 0.842 e. The van der Waals surface area contributed by atoms with Gasteiger partial charge in [0.15, 0.2) is 6.29 Å². The topological polar surface area (TPSA) is 78.4 Å². The van der Waals surface area contributed by atoms with Gasteiger partial charge in [-0.25, -0.2) is 9.36 Å². The molecule has 6 heteroatoms. The third kappa shape index (κ3) is 2.16. The van der Waals surface area contributed by atoms with E-state index in [0.717, 1.165) is 0 Å². The second kappa shape index (κ2) is 5.16. The van der Waals surface area contributed by atoms with E-state index in [1.54, 1.807) is 36.5 Å². The molecule has 0 aliphatic rings. The van der Waals surface area contributed by atoms with Crippen molar-refractivity contribution in [3.8, 4) is 5.88 Å². The molecule has 0 bridgehead atoms. The molecule has 0 aliphatic heterocycles. The molecule has 0 radical (unpaired) electrons. The molecule has 0 saturated carbocycles. The van der Waals surface area contributed by atoms with E-state index in [1.807, 2.05) is 6.07 Å². The lowest BCUT2D eigenvalue weighted by atomic mass is 10.3.